The number of carbonyl (C=O) groups is 2. The van der Waals surface area contributed by atoms with Crippen LogP contribution in [0, 0.1) is 5.41 Å². The highest BCUT2D eigenvalue weighted by molar-refractivity contribution is 5.94. The van der Waals surface area contributed by atoms with Crippen LogP contribution in [-0.2, 0) is 9.59 Å². The van der Waals surface area contributed by atoms with E-state index in [0.717, 1.165) is 0 Å². The van der Waals surface area contributed by atoms with Crippen LogP contribution >= 0.6 is 0 Å². The highest BCUT2D eigenvalue weighted by Crippen LogP contribution is 2.22. The maximum Gasteiger partial charge on any atom is 0.309 e. The molecular weight excluding hydrogens is 220 g/mol. The highest BCUT2D eigenvalue weighted by Gasteiger charge is 2.31. The van der Waals surface area contributed by atoms with Crippen molar-refractivity contribution in [3.8, 4) is 0 Å². The summed E-state index contributed by atoms with van der Waals surface area (Å²) in [5.74, 6) is -0.741. The predicted molar refractivity (Wildman–Crippen MR) is 63.7 cm³/mol. The van der Waals surface area contributed by atoms with Gasteiger partial charge in [-0.15, -0.1) is 0 Å². The molecule has 1 aromatic heterocycles. The summed E-state index contributed by atoms with van der Waals surface area (Å²) in [6.45, 7) is 3.05. The normalized spacial score (nSPS) is 11.0. The molecule has 0 aliphatic rings. The van der Waals surface area contributed by atoms with E-state index >= 15 is 0 Å². The van der Waals surface area contributed by atoms with Crippen molar-refractivity contribution in [2.24, 2.45) is 5.41 Å². The Kier molecular flexibility index (Phi) is 3.83. The molecule has 1 aromatic rings. The van der Waals surface area contributed by atoms with Gasteiger partial charge in [-0.2, -0.15) is 0 Å². The van der Waals surface area contributed by atoms with E-state index in [1.807, 2.05) is 0 Å². The SMILES string of the molecule is CN(C(=O)CC(C)(C)C(=O)O)c1ccccn1. The van der Waals surface area contributed by atoms with Crippen LogP contribution < -0.4 is 4.90 Å². The first-order valence-electron chi connectivity index (χ1n) is 5.25. The van der Waals surface area contributed by atoms with Crippen molar-refractivity contribution < 1.29 is 14.7 Å². The lowest BCUT2D eigenvalue weighted by Gasteiger charge is -2.22. The number of anilines is 1. The Balaban J connectivity index is 2.75. The van der Waals surface area contributed by atoms with Gasteiger partial charge in [0.1, 0.15) is 5.82 Å². The van der Waals surface area contributed by atoms with Gasteiger partial charge in [0.2, 0.25) is 5.91 Å². The molecule has 0 aliphatic carbocycles. The lowest BCUT2D eigenvalue weighted by molar-refractivity contribution is -0.149. The molecule has 0 bridgehead atoms. The van der Waals surface area contributed by atoms with Gasteiger partial charge in [0, 0.05) is 19.7 Å². The molecule has 0 radical (unpaired) electrons. The van der Waals surface area contributed by atoms with Gasteiger partial charge in [0.05, 0.1) is 5.41 Å². The number of aliphatic carboxylic acids is 1. The second-order valence-corrected chi connectivity index (χ2v) is 4.51. The molecule has 0 fully saturated rings. The molecule has 1 heterocycles. The smallest absolute Gasteiger partial charge is 0.309 e. The number of hydrogen-bond donors (Lipinski definition) is 1. The largest absolute Gasteiger partial charge is 0.481 e. The van der Waals surface area contributed by atoms with Crippen molar-refractivity contribution in [3.63, 3.8) is 0 Å². The average Bonchev–Trinajstić information content (AvgIpc) is 2.28. The number of amides is 1. The number of nitrogens with zero attached hydrogens (tertiary/aromatic N) is 2. The van der Waals surface area contributed by atoms with Crippen molar-refractivity contribution in [3.05, 3.63) is 24.4 Å². The van der Waals surface area contributed by atoms with Crippen molar-refractivity contribution in [2.45, 2.75) is 20.3 Å². The minimum Gasteiger partial charge on any atom is -0.481 e. The van der Waals surface area contributed by atoms with Gasteiger partial charge in [-0.05, 0) is 26.0 Å². The maximum atomic E-state index is 11.9. The zero-order valence-electron chi connectivity index (χ0n) is 10.2. The first-order chi connectivity index (χ1) is 7.84. The van der Waals surface area contributed by atoms with E-state index in [9.17, 15) is 9.59 Å². The van der Waals surface area contributed by atoms with Crippen molar-refractivity contribution >= 4 is 17.7 Å². The monoisotopic (exact) mass is 236 g/mol. The summed E-state index contributed by atoms with van der Waals surface area (Å²) in [6, 6.07) is 5.23. The van der Waals surface area contributed by atoms with Crippen LogP contribution in [0.5, 0.6) is 0 Å². The molecule has 0 aliphatic heterocycles. The lowest BCUT2D eigenvalue weighted by atomic mass is 9.89. The predicted octanol–water partition coefficient (Wildman–Crippen LogP) is 1.55. The quantitative estimate of drug-likeness (QED) is 0.860. The third-order valence-electron chi connectivity index (χ3n) is 2.54. The summed E-state index contributed by atoms with van der Waals surface area (Å²) >= 11 is 0. The molecule has 17 heavy (non-hydrogen) atoms. The molecule has 5 heteroatoms. The zero-order chi connectivity index (χ0) is 13.1. The van der Waals surface area contributed by atoms with E-state index in [4.69, 9.17) is 5.11 Å². The van der Waals surface area contributed by atoms with Crippen LogP contribution in [0.25, 0.3) is 0 Å². The summed E-state index contributed by atoms with van der Waals surface area (Å²) in [5.41, 5.74) is -1.07. The molecule has 0 atom stereocenters. The topological polar surface area (TPSA) is 70.5 Å². The Morgan fingerprint density at radius 1 is 1.41 bits per heavy atom. The number of carbonyl (C=O) groups excluding carboxylic acids is 1. The van der Waals surface area contributed by atoms with E-state index in [2.05, 4.69) is 4.98 Å². The zero-order valence-corrected chi connectivity index (χ0v) is 10.2. The number of hydrogen-bond acceptors (Lipinski definition) is 3. The Labute approximate surface area is 100 Å². The Morgan fingerprint density at radius 2 is 2.06 bits per heavy atom. The Bertz CT molecular complexity index is 415. The first-order valence-corrected chi connectivity index (χ1v) is 5.25. The summed E-state index contributed by atoms with van der Waals surface area (Å²) in [5, 5.41) is 8.96. The second-order valence-electron chi connectivity index (χ2n) is 4.51. The summed E-state index contributed by atoms with van der Waals surface area (Å²) in [7, 11) is 1.59. The van der Waals surface area contributed by atoms with Crippen LogP contribution in [-0.4, -0.2) is 29.0 Å². The molecule has 0 spiro atoms. The van der Waals surface area contributed by atoms with E-state index in [0.29, 0.717) is 5.82 Å². The molecule has 0 saturated heterocycles. The summed E-state index contributed by atoms with van der Waals surface area (Å²) in [6.07, 6.45) is 1.52. The van der Waals surface area contributed by atoms with Crippen LogP contribution in [0.1, 0.15) is 20.3 Å². The third kappa shape index (κ3) is 3.27. The Morgan fingerprint density at radius 3 is 2.53 bits per heavy atom. The summed E-state index contributed by atoms with van der Waals surface area (Å²) < 4.78 is 0. The van der Waals surface area contributed by atoms with Crippen molar-refractivity contribution in [1.29, 1.82) is 0 Å². The molecule has 1 rings (SSSR count). The van der Waals surface area contributed by atoms with Crippen LogP contribution in [0.2, 0.25) is 0 Å². The molecular formula is C12H16N2O3. The highest BCUT2D eigenvalue weighted by atomic mass is 16.4. The van der Waals surface area contributed by atoms with Gasteiger partial charge >= 0.3 is 5.97 Å². The Hall–Kier alpha value is -1.91. The minimum atomic E-state index is -1.07. The molecule has 92 valence electrons. The van der Waals surface area contributed by atoms with Crippen LogP contribution in [0.3, 0.4) is 0 Å². The second kappa shape index (κ2) is 4.95. The van der Waals surface area contributed by atoms with Crippen molar-refractivity contribution in [2.75, 3.05) is 11.9 Å². The van der Waals surface area contributed by atoms with Gasteiger partial charge in [0.25, 0.3) is 0 Å². The average molecular weight is 236 g/mol. The number of rotatable bonds is 4. The number of carboxylic acids is 1. The van der Waals surface area contributed by atoms with E-state index in [1.54, 1.807) is 31.4 Å². The third-order valence-corrected chi connectivity index (χ3v) is 2.54. The lowest BCUT2D eigenvalue weighted by Crippen LogP contribution is -2.35. The fourth-order valence-corrected chi connectivity index (χ4v) is 1.25. The fourth-order valence-electron chi connectivity index (χ4n) is 1.25. The van der Waals surface area contributed by atoms with Gasteiger partial charge in [-0.25, -0.2) is 4.98 Å². The van der Waals surface area contributed by atoms with Crippen molar-refractivity contribution in [1.82, 2.24) is 4.98 Å². The molecule has 1 N–H and O–H groups in total. The first kappa shape index (κ1) is 13.2. The van der Waals surface area contributed by atoms with E-state index in [1.165, 1.54) is 18.7 Å². The van der Waals surface area contributed by atoms with E-state index < -0.39 is 11.4 Å². The minimum absolute atomic E-state index is 0.0601. The molecule has 0 aromatic carbocycles. The molecule has 0 unspecified atom stereocenters. The summed E-state index contributed by atoms with van der Waals surface area (Å²) in [4.78, 5) is 28.2. The van der Waals surface area contributed by atoms with Gasteiger partial charge in [-0.3, -0.25) is 14.5 Å². The standard InChI is InChI=1S/C12H16N2O3/c1-12(2,11(16)17)8-10(15)14(3)9-6-4-5-7-13-9/h4-7H,8H2,1-3H3,(H,16,17). The molecule has 5 nitrogen and oxygen atoms in total. The van der Waals surface area contributed by atoms with E-state index in [-0.39, 0.29) is 12.3 Å². The molecule has 1 amide bonds. The fraction of sp³-hybridized carbons (Fsp3) is 0.417. The number of pyridine rings is 1. The van der Waals surface area contributed by atoms with Gasteiger partial charge in [-0.1, -0.05) is 6.07 Å². The number of carboxylic acid groups (broad SMARTS) is 1. The maximum absolute atomic E-state index is 11.9. The molecule has 0 saturated carbocycles. The van der Waals surface area contributed by atoms with Crippen LogP contribution in [0.4, 0.5) is 5.82 Å². The van der Waals surface area contributed by atoms with Gasteiger partial charge < -0.3 is 5.11 Å². The van der Waals surface area contributed by atoms with Gasteiger partial charge in [0.15, 0.2) is 0 Å². The number of aromatic nitrogens is 1. The van der Waals surface area contributed by atoms with Crippen LogP contribution in [0.15, 0.2) is 24.4 Å².